The van der Waals surface area contributed by atoms with Crippen LogP contribution >= 0.6 is 22.9 Å². The molecule has 5 heteroatoms. The third-order valence-electron chi connectivity index (χ3n) is 2.04. The van der Waals surface area contributed by atoms with Crippen molar-refractivity contribution in [3.63, 3.8) is 0 Å². The van der Waals surface area contributed by atoms with Crippen molar-refractivity contribution in [2.24, 2.45) is 0 Å². The van der Waals surface area contributed by atoms with Gasteiger partial charge in [-0.15, -0.1) is 11.3 Å². The normalized spacial score (nSPS) is 10.5. The van der Waals surface area contributed by atoms with E-state index in [0.717, 1.165) is 4.88 Å². The molecule has 0 fully saturated rings. The van der Waals surface area contributed by atoms with Gasteiger partial charge in [0.15, 0.2) is 0 Å². The second-order valence-electron chi connectivity index (χ2n) is 3.18. The maximum absolute atomic E-state index is 11.2. The maximum atomic E-state index is 11.2. The summed E-state index contributed by atoms with van der Waals surface area (Å²) in [6.07, 6.45) is 0.612. The van der Waals surface area contributed by atoms with E-state index in [0.29, 0.717) is 22.8 Å². The van der Waals surface area contributed by atoms with E-state index in [-0.39, 0.29) is 5.69 Å². The Bertz CT molecular complexity index is 519. The summed E-state index contributed by atoms with van der Waals surface area (Å²) in [6.45, 7) is 1.77. The van der Waals surface area contributed by atoms with E-state index in [1.807, 2.05) is 17.5 Å². The summed E-state index contributed by atoms with van der Waals surface area (Å²) in [7, 11) is 0. The molecule has 2 aromatic rings. The van der Waals surface area contributed by atoms with Crippen LogP contribution in [0.4, 0.5) is 0 Å². The predicted octanol–water partition coefficient (Wildman–Crippen LogP) is 2.38. The van der Waals surface area contributed by atoms with E-state index in [9.17, 15) is 4.79 Å². The minimum absolute atomic E-state index is 0.344. The first kappa shape index (κ1) is 10.4. The summed E-state index contributed by atoms with van der Waals surface area (Å²) in [5.41, 5.74) is 0.965. The number of hydrogen-bond donors (Lipinski definition) is 1. The van der Waals surface area contributed by atoms with E-state index in [4.69, 9.17) is 11.6 Å². The van der Waals surface area contributed by atoms with Crippen LogP contribution in [-0.4, -0.2) is 9.97 Å². The van der Waals surface area contributed by atoms with E-state index in [1.165, 1.54) is 0 Å². The largest absolute Gasteiger partial charge is 0.345 e. The molecule has 2 heterocycles. The Kier molecular flexibility index (Phi) is 2.88. The van der Waals surface area contributed by atoms with Gasteiger partial charge in [-0.2, -0.15) is 4.98 Å². The van der Waals surface area contributed by atoms with Gasteiger partial charge in [0, 0.05) is 17.0 Å². The Morgan fingerprint density at radius 3 is 3.07 bits per heavy atom. The Morgan fingerprint density at radius 2 is 2.40 bits per heavy atom. The number of rotatable bonds is 2. The molecule has 15 heavy (non-hydrogen) atoms. The zero-order valence-electron chi connectivity index (χ0n) is 8.08. The van der Waals surface area contributed by atoms with E-state index in [2.05, 4.69) is 9.97 Å². The first-order valence-electron chi connectivity index (χ1n) is 4.44. The summed E-state index contributed by atoms with van der Waals surface area (Å²) in [5.74, 6) is 0. The highest BCUT2D eigenvalue weighted by molar-refractivity contribution is 7.09. The number of halogens is 1. The van der Waals surface area contributed by atoms with Gasteiger partial charge < -0.3 is 4.98 Å². The molecule has 0 amide bonds. The molecule has 1 N–H and O–H groups in total. The first-order chi connectivity index (χ1) is 7.16. The SMILES string of the molecule is Cc1[nH]c(=O)nc(Cc2cccs2)c1Cl. The minimum Gasteiger partial charge on any atom is -0.309 e. The van der Waals surface area contributed by atoms with E-state index >= 15 is 0 Å². The number of hydrogen-bond acceptors (Lipinski definition) is 3. The van der Waals surface area contributed by atoms with Gasteiger partial charge in [-0.3, -0.25) is 0 Å². The Balaban J connectivity index is 2.40. The van der Waals surface area contributed by atoms with Crippen molar-refractivity contribution in [1.82, 2.24) is 9.97 Å². The van der Waals surface area contributed by atoms with Crippen LogP contribution in [0.3, 0.4) is 0 Å². The second-order valence-corrected chi connectivity index (χ2v) is 4.59. The molecule has 0 unspecified atom stereocenters. The fourth-order valence-corrected chi connectivity index (χ4v) is 2.19. The molecule has 3 nitrogen and oxygen atoms in total. The Morgan fingerprint density at radius 1 is 1.60 bits per heavy atom. The predicted molar refractivity (Wildman–Crippen MR) is 61.7 cm³/mol. The second kappa shape index (κ2) is 4.16. The Hall–Kier alpha value is -1.13. The average Bonchev–Trinajstić information content (AvgIpc) is 2.66. The van der Waals surface area contributed by atoms with Gasteiger partial charge in [0.2, 0.25) is 0 Å². The highest BCUT2D eigenvalue weighted by Gasteiger charge is 2.08. The smallest absolute Gasteiger partial charge is 0.309 e. The zero-order valence-corrected chi connectivity index (χ0v) is 9.65. The molecular formula is C10H9ClN2OS. The number of nitrogens with zero attached hydrogens (tertiary/aromatic N) is 1. The molecule has 0 spiro atoms. The van der Waals surface area contributed by atoms with Gasteiger partial charge >= 0.3 is 5.69 Å². The van der Waals surface area contributed by atoms with Gasteiger partial charge in [0.25, 0.3) is 0 Å². The molecule has 0 saturated heterocycles. The van der Waals surface area contributed by atoms with E-state index in [1.54, 1.807) is 18.3 Å². The lowest BCUT2D eigenvalue weighted by Crippen LogP contribution is -2.15. The molecule has 2 rings (SSSR count). The molecule has 0 aromatic carbocycles. The number of aryl methyl sites for hydroxylation is 1. The molecule has 78 valence electrons. The third-order valence-corrected chi connectivity index (χ3v) is 3.41. The highest BCUT2D eigenvalue weighted by atomic mass is 35.5. The van der Waals surface area contributed by atoms with Crippen molar-refractivity contribution in [3.8, 4) is 0 Å². The number of nitrogens with one attached hydrogen (secondary N) is 1. The van der Waals surface area contributed by atoms with Crippen molar-refractivity contribution in [2.75, 3.05) is 0 Å². The lowest BCUT2D eigenvalue weighted by atomic mass is 10.2. The molecular weight excluding hydrogens is 232 g/mol. The number of aromatic nitrogens is 2. The molecule has 2 aromatic heterocycles. The molecule has 0 bridgehead atoms. The van der Waals surface area contributed by atoms with Crippen LogP contribution in [0, 0.1) is 6.92 Å². The van der Waals surface area contributed by atoms with Gasteiger partial charge in [-0.05, 0) is 18.4 Å². The van der Waals surface area contributed by atoms with Crippen LogP contribution in [0.2, 0.25) is 5.02 Å². The summed E-state index contributed by atoms with van der Waals surface area (Å²) >= 11 is 7.68. The number of aromatic amines is 1. The van der Waals surface area contributed by atoms with Gasteiger partial charge in [-0.1, -0.05) is 17.7 Å². The van der Waals surface area contributed by atoms with Crippen molar-refractivity contribution in [1.29, 1.82) is 0 Å². The molecule has 0 radical (unpaired) electrons. The third kappa shape index (κ3) is 2.27. The first-order valence-corrected chi connectivity index (χ1v) is 5.70. The lowest BCUT2D eigenvalue weighted by molar-refractivity contribution is 0.956. The van der Waals surface area contributed by atoms with Crippen molar-refractivity contribution in [2.45, 2.75) is 13.3 Å². The number of H-pyrrole nitrogens is 1. The molecule has 0 aliphatic heterocycles. The van der Waals surface area contributed by atoms with E-state index < -0.39 is 0 Å². The zero-order chi connectivity index (χ0) is 10.8. The minimum atomic E-state index is -0.344. The summed E-state index contributed by atoms with van der Waals surface area (Å²) in [6, 6.07) is 3.97. The quantitative estimate of drug-likeness (QED) is 0.876. The van der Waals surface area contributed by atoms with Crippen molar-refractivity contribution in [3.05, 3.63) is 49.3 Å². The van der Waals surface area contributed by atoms with Gasteiger partial charge in [0.1, 0.15) is 0 Å². The Labute approximate surface area is 95.8 Å². The van der Waals surface area contributed by atoms with Crippen LogP contribution in [-0.2, 0) is 6.42 Å². The number of thiophene rings is 1. The fourth-order valence-electron chi connectivity index (χ4n) is 1.33. The molecule has 0 atom stereocenters. The van der Waals surface area contributed by atoms with Gasteiger partial charge in [0.05, 0.1) is 10.7 Å². The summed E-state index contributed by atoms with van der Waals surface area (Å²) < 4.78 is 0. The summed E-state index contributed by atoms with van der Waals surface area (Å²) in [5, 5.41) is 2.53. The van der Waals surface area contributed by atoms with Crippen LogP contribution in [0.15, 0.2) is 22.3 Å². The monoisotopic (exact) mass is 240 g/mol. The van der Waals surface area contributed by atoms with Crippen LogP contribution < -0.4 is 5.69 Å². The van der Waals surface area contributed by atoms with Crippen molar-refractivity contribution < 1.29 is 0 Å². The lowest BCUT2D eigenvalue weighted by Gasteiger charge is -2.03. The topological polar surface area (TPSA) is 45.8 Å². The van der Waals surface area contributed by atoms with Crippen molar-refractivity contribution >= 4 is 22.9 Å². The highest BCUT2D eigenvalue weighted by Crippen LogP contribution is 2.20. The molecule has 0 aliphatic rings. The van der Waals surface area contributed by atoms with Crippen LogP contribution in [0.25, 0.3) is 0 Å². The maximum Gasteiger partial charge on any atom is 0.345 e. The summed E-state index contributed by atoms with van der Waals surface area (Å²) in [4.78, 5) is 18.8. The average molecular weight is 241 g/mol. The van der Waals surface area contributed by atoms with Crippen LogP contribution in [0.5, 0.6) is 0 Å². The fraction of sp³-hybridized carbons (Fsp3) is 0.200. The molecule has 0 saturated carbocycles. The molecule has 0 aliphatic carbocycles. The standard InChI is InChI=1S/C10H9ClN2OS/c1-6-9(11)8(13-10(14)12-6)5-7-3-2-4-15-7/h2-4H,5H2,1H3,(H,12,13,14). The van der Waals surface area contributed by atoms with Gasteiger partial charge in [-0.25, -0.2) is 4.79 Å². The van der Waals surface area contributed by atoms with Crippen LogP contribution in [0.1, 0.15) is 16.3 Å².